The Balaban J connectivity index is 2.88. The number of rotatable bonds is 1. The van der Waals surface area contributed by atoms with Gasteiger partial charge in [0.25, 0.3) is 5.56 Å². The van der Waals surface area contributed by atoms with Gasteiger partial charge in [-0.1, -0.05) is 18.2 Å². The molecule has 76 valence electrons. The van der Waals surface area contributed by atoms with Crippen molar-refractivity contribution in [2.24, 2.45) is 0 Å². The van der Waals surface area contributed by atoms with Gasteiger partial charge >= 0.3 is 0 Å². The highest BCUT2D eigenvalue weighted by atomic mass is 16.4. The molecular formula is C11H8NO3-. The number of aromatic amines is 1. The first-order chi connectivity index (χ1) is 7.09. The van der Waals surface area contributed by atoms with Gasteiger partial charge in [-0.2, -0.15) is 0 Å². The Morgan fingerprint density at radius 1 is 1.40 bits per heavy atom. The molecule has 1 aromatic carbocycles. The van der Waals surface area contributed by atoms with Crippen LogP contribution in [0, 0.1) is 6.92 Å². The quantitative estimate of drug-likeness (QED) is 0.717. The second-order valence-corrected chi connectivity index (χ2v) is 3.34. The third kappa shape index (κ3) is 1.50. The zero-order valence-electron chi connectivity index (χ0n) is 8.03. The minimum absolute atomic E-state index is 0.340. The smallest absolute Gasteiger partial charge is 0.257 e. The summed E-state index contributed by atoms with van der Waals surface area (Å²) in [6, 6.07) is 6.72. The number of aromatic nitrogens is 1. The molecule has 15 heavy (non-hydrogen) atoms. The van der Waals surface area contributed by atoms with E-state index in [1.807, 2.05) is 13.0 Å². The number of aryl methyl sites for hydroxylation is 1. The molecule has 2 rings (SSSR count). The summed E-state index contributed by atoms with van der Waals surface area (Å²) in [6.07, 6.45) is 0. The highest BCUT2D eigenvalue weighted by molar-refractivity contribution is 5.91. The van der Waals surface area contributed by atoms with Crippen LogP contribution in [0.15, 0.2) is 29.1 Å². The Morgan fingerprint density at radius 3 is 2.80 bits per heavy atom. The van der Waals surface area contributed by atoms with E-state index in [0.29, 0.717) is 10.9 Å². The number of fused-ring (bicyclic) bond motifs is 1. The number of nitrogens with one attached hydrogen (secondary N) is 1. The predicted octanol–water partition coefficient (Wildman–Crippen LogP) is 0.200. The van der Waals surface area contributed by atoms with Crippen molar-refractivity contribution < 1.29 is 9.90 Å². The number of carbonyl (C=O) groups is 1. The van der Waals surface area contributed by atoms with Crippen LogP contribution in [0.4, 0.5) is 0 Å². The first kappa shape index (κ1) is 9.45. The largest absolute Gasteiger partial charge is 0.545 e. The van der Waals surface area contributed by atoms with Crippen molar-refractivity contribution >= 4 is 16.9 Å². The summed E-state index contributed by atoms with van der Waals surface area (Å²) in [4.78, 5) is 24.5. The molecule has 0 saturated heterocycles. The van der Waals surface area contributed by atoms with Crippen LogP contribution in [-0.4, -0.2) is 11.0 Å². The van der Waals surface area contributed by atoms with Crippen LogP contribution in [0.1, 0.15) is 15.9 Å². The van der Waals surface area contributed by atoms with E-state index < -0.39 is 11.5 Å². The number of carboxylic acids is 1. The van der Waals surface area contributed by atoms with Crippen molar-refractivity contribution in [3.63, 3.8) is 0 Å². The monoisotopic (exact) mass is 202 g/mol. The standard InChI is InChI=1S/C11H9NO3/c1-6-3-2-4-7-5-8(11(14)15)10(13)12-9(6)7/h2-5H,1H3,(H,12,13)(H,14,15)/p-1. The topological polar surface area (TPSA) is 73.0 Å². The zero-order chi connectivity index (χ0) is 11.0. The van der Waals surface area contributed by atoms with Crippen molar-refractivity contribution in [3.05, 3.63) is 45.7 Å². The van der Waals surface area contributed by atoms with Gasteiger partial charge in [-0.15, -0.1) is 0 Å². The molecule has 0 amide bonds. The van der Waals surface area contributed by atoms with Gasteiger partial charge in [0.1, 0.15) is 0 Å². The first-order valence-corrected chi connectivity index (χ1v) is 4.43. The number of hydrogen-bond donors (Lipinski definition) is 1. The van der Waals surface area contributed by atoms with Gasteiger partial charge in [0, 0.05) is 0 Å². The van der Waals surface area contributed by atoms with E-state index in [4.69, 9.17) is 0 Å². The maximum atomic E-state index is 11.4. The fourth-order valence-corrected chi connectivity index (χ4v) is 1.54. The van der Waals surface area contributed by atoms with E-state index in [9.17, 15) is 14.7 Å². The maximum Gasteiger partial charge on any atom is 0.257 e. The first-order valence-electron chi connectivity index (χ1n) is 4.43. The number of H-pyrrole nitrogens is 1. The molecule has 0 unspecified atom stereocenters. The molecule has 0 spiro atoms. The minimum atomic E-state index is -1.46. The Morgan fingerprint density at radius 2 is 2.13 bits per heavy atom. The van der Waals surface area contributed by atoms with Crippen LogP contribution < -0.4 is 10.7 Å². The van der Waals surface area contributed by atoms with Crippen LogP contribution >= 0.6 is 0 Å². The summed E-state index contributed by atoms with van der Waals surface area (Å²) in [6.45, 7) is 1.84. The molecular weight excluding hydrogens is 194 g/mol. The van der Waals surface area contributed by atoms with E-state index in [2.05, 4.69) is 4.98 Å². The maximum absolute atomic E-state index is 11.4. The number of pyridine rings is 1. The van der Waals surface area contributed by atoms with Crippen LogP contribution in [0.2, 0.25) is 0 Å². The van der Waals surface area contributed by atoms with Crippen molar-refractivity contribution in [2.45, 2.75) is 6.92 Å². The number of aromatic carboxylic acids is 1. The molecule has 1 N–H and O–H groups in total. The molecule has 0 saturated carbocycles. The molecule has 0 fully saturated rings. The predicted molar refractivity (Wildman–Crippen MR) is 53.6 cm³/mol. The highest BCUT2D eigenvalue weighted by Crippen LogP contribution is 2.14. The van der Waals surface area contributed by atoms with E-state index in [0.717, 1.165) is 5.56 Å². The summed E-state index contributed by atoms with van der Waals surface area (Å²) in [5.41, 5.74) is 0.590. The molecule has 0 atom stereocenters. The van der Waals surface area contributed by atoms with E-state index in [-0.39, 0.29) is 5.56 Å². The van der Waals surface area contributed by atoms with Gasteiger partial charge in [0.2, 0.25) is 0 Å². The Hall–Kier alpha value is -2.10. The average molecular weight is 202 g/mol. The van der Waals surface area contributed by atoms with Gasteiger partial charge in [-0.25, -0.2) is 0 Å². The Kier molecular flexibility index (Phi) is 2.04. The van der Waals surface area contributed by atoms with Gasteiger partial charge in [-0.3, -0.25) is 4.79 Å². The van der Waals surface area contributed by atoms with Crippen LogP contribution in [-0.2, 0) is 0 Å². The van der Waals surface area contributed by atoms with E-state index in [1.165, 1.54) is 6.07 Å². The van der Waals surface area contributed by atoms with Crippen molar-refractivity contribution in [1.82, 2.24) is 4.98 Å². The van der Waals surface area contributed by atoms with Crippen LogP contribution in [0.25, 0.3) is 10.9 Å². The minimum Gasteiger partial charge on any atom is -0.545 e. The van der Waals surface area contributed by atoms with Gasteiger partial charge < -0.3 is 14.9 Å². The van der Waals surface area contributed by atoms with Crippen molar-refractivity contribution in [2.75, 3.05) is 0 Å². The normalized spacial score (nSPS) is 10.5. The third-order valence-corrected chi connectivity index (χ3v) is 2.31. The molecule has 2 aromatic rings. The van der Waals surface area contributed by atoms with Crippen molar-refractivity contribution in [3.8, 4) is 0 Å². The highest BCUT2D eigenvalue weighted by Gasteiger charge is 2.04. The molecule has 0 radical (unpaired) electrons. The lowest BCUT2D eigenvalue weighted by Gasteiger charge is -2.05. The number of carbonyl (C=O) groups excluding carboxylic acids is 1. The van der Waals surface area contributed by atoms with Gasteiger partial charge in [0.15, 0.2) is 0 Å². The second kappa shape index (κ2) is 3.24. The molecule has 0 aliphatic carbocycles. The lowest BCUT2D eigenvalue weighted by atomic mass is 10.1. The second-order valence-electron chi connectivity index (χ2n) is 3.34. The summed E-state index contributed by atoms with van der Waals surface area (Å²) >= 11 is 0. The van der Waals surface area contributed by atoms with E-state index >= 15 is 0 Å². The van der Waals surface area contributed by atoms with Crippen LogP contribution in [0.5, 0.6) is 0 Å². The van der Waals surface area contributed by atoms with E-state index in [1.54, 1.807) is 12.1 Å². The van der Waals surface area contributed by atoms with Crippen LogP contribution in [0.3, 0.4) is 0 Å². The molecule has 4 nitrogen and oxygen atoms in total. The number of hydrogen-bond acceptors (Lipinski definition) is 3. The lowest BCUT2D eigenvalue weighted by Crippen LogP contribution is -2.29. The fraction of sp³-hybridized carbons (Fsp3) is 0.0909. The molecule has 1 aromatic heterocycles. The summed E-state index contributed by atoms with van der Waals surface area (Å²) in [5, 5.41) is 11.3. The van der Waals surface area contributed by atoms with Gasteiger partial charge in [-0.05, 0) is 23.9 Å². The molecule has 0 bridgehead atoms. The Bertz CT molecular complexity index is 598. The number of para-hydroxylation sites is 1. The molecule has 0 aliphatic heterocycles. The van der Waals surface area contributed by atoms with Gasteiger partial charge in [0.05, 0.1) is 17.0 Å². The lowest BCUT2D eigenvalue weighted by molar-refractivity contribution is -0.255. The summed E-state index contributed by atoms with van der Waals surface area (Å²) in [7, 11) is 0. The number of benzene rings is 1. The molecule has 4 heteroatoms. The SMILES string of the molecule is Cc1cccc2cc(C(=O)[O-])c(=O)[nH]c12. The zero-order valence-corrected chi connectivity index (χ0v) is 8.03. The number of carboxylic acid groups (broad SMARTS) is 1. The van der Waals surface area contributed by atoms with Crippen molar-refractivity contribution in [1.29, 1.82) is 0 Å². The summed E-state index contributed by atoms with van der Waals surface area (Å²) in [5.74, 6) is -1.46. The fourth-order valence-electron chi connectivity index (χ4n) is 1.54. The average Bonchev–Trinajstić information content (AvgIpc) is 2.18. The molecule has 1 heterocycles. The molecule has 0 aliphatic rings. The Labute approximate surface area is 85.2 Å². The third-order valence-electron chi connectivity index (χ3n) is 2.31. The summed E-state index contributed by atoms with van der Waals surface area (Å²) < 4.78 is 0.